The van der Waals surface area contributed by atoms with Gasteiger partial charge in [0.05, 0.1) is 0 Å². The lowest BCUT2D eigenvalue weighted by molar-refractivity contribution is 0.306. The van der Waals surface area contributed by atoms with Crippen molar-refractivity contribution in [3.63, 3.8) is 0 Å². The van der Waals surface area contributed by atoms with E-state index in [1.165, 1.54) is 6.07 Å². The molecule has 1 nitrogen and oxygen atoms in total. The number of halogens is 1. The topological polar surface area (TPSA) is 9.23 Å². The fourth-order valence-corrected chi connectivity index (χ4v) is 3.17. The molecule has 0 saturated heterocycles. The van der Waals surface area contributed by atoms with Crippen molar-refractivity contribution in [3.8, 4) is 5.75 Å². The van der Waals surface area contributed by atoms with Crippen molar-refractivity contribution in [3.05, 3.63) is 137 Å². The minimum absolute atomic E-state index is 0.233. The van der Waals surface area contributed by atoms with Gasteiger partial charge in [-0.1, -0.05) is 91.0 Å². The van der Waals surface area contributed by atoms with Gasteiger partial charge in [-0.15, -0.1) is 0 Å². The highest BCUT2D eigenvalue weighted by Gasteiger charge is 2.08. The lowest BCUT2D eigenvalue weighted by Gasteiger charge is -2.11. The van der Waals surface area contributed by atoms with E-state index in [1.807, 2.05) is 97.1 Å². The zero-order valence-electron chi connectivity index (χ0n) is 16.0. The highest BCUT2D eigenvalue weighted by molar-refractivity contribution is 5.91. The van der Waals surface area contributed by atoms with Crippen LogP contribution in [0.2, 0.25) is 0 Å². The van der Waals surface area contributed by atoms with E-state index in [2.05, 4.69) is 0 Å². The maximum absolute atomic E-state index is 14.2. The molecule has 0 atom stereocenters. The fourth-order valence-electron chi connectivity index (χ4n) is 3.17. The van der Waals surface area contributed by atoms with E-state index >= 15 is 0 Å². The molecule has 0 aliphatic heterocycles. The van der Waals surface area contributed by atoms with Crippen molar-refractivity contribution < 1.29 is 9.13 Å². The molecule has 0 N–H and O–H groups in total. The molecule has 4 aromatic carbocycles. The van der Waals surface area contributed by atoms with E-state index in [1.54, 1.807) is 12.1 Å². The third kappa shape index (κ3) is 4.80. The van der Waals surface area contributed by atoms with Gasteiger partial charge in [-0.05, 0) is 46.5 Å². The van der Waals surface area contributed by atoms with E-state index in [0.29, 0.717) is 12.2 Å². The minimum Gasteiger partial charge on any atom is -0.489 e. The molecule has 0 aromatic heterocycles. The Kier molecular flexibility index (Phi) is 5.82. The van der Waals surface area contributed by atoms with E-state index in [0.717, 1.165) is 28.0 Å². The Hall–Kier alpha value is -3.65. The molecule has 0 saturated carbocycles. The molecule has 0 unspecified atom stereocenters. The van der Waals surface area contributed by atoms with Gasteiger partial charge >= 0.3 is 0 Å². The molecular weight excluding hydrogens is 359 g/mol. The Morgan fingerprint density at radius 3 is 1.93 bits per heavy atom. The van der Waals surface area contributed by atoms with Crippen molar-refractivity contribution in [1.82, 2.24) is 0 Å². The summed E-state index contributed by atoms with van der Waals surface area (Å²) in [5.41, 5.74) is 4.70. The van der Waals surface area contributed by atoms with Crippen LogP contribution in [-0.2, 0) is 6.61 Å². The molecule has 0 aliphatic rings. The van der Waals surface area contributed by atoms with Crippen LogP contribution in [-0.4, -0.2) is 0 Å². The Balaban J connectivity index is 1.62. The second kappa shape index (κ2) is 9.03. The normalized spacial score (nSPS) is 11.3. The summed E-state index contributed by atoms with van der Waals surface area (Å²) in [7, 11) is 0. The Bertz CT molecular complexity index is 1080. The van der Waals surface area contributed by atoms with Gasteiger partial charge in [0.2, 0.25) is 0 Å². The number of hydrogen-bond acceptors (Lipinski definition) is 1. The molecule has 0 bridgehead atoms. The molecule has 0 heterocycles. The number of ether oxygens (including phenoxy) is 1. The summed E-state index contributed by atoms with van der Waals surface area (Å²) in [6.07, 6.45) is 1.89. The molecule has 29 heavy (non-hydrogen) atoms. The Morgan fingerprint density at radius 2 is 1.24 bits per heavy atom. The monoisotopic (exact) mass is 380 g/mol. The Labute approximate surface area is 170 Å². The SMILES string of the molecule is Fc1ccccc1/C=C(\c1ccccc1)c1ccc(OCc2ccccc2)cc1. The van der Waals surface area contributed by atoms with Gasteiger partial charge in [0.1, 0.15) is 18.2 Å². The molecule has 0 aliphatic carbocycles. The predicted molar refractivity (Wildman–Crippen MR) is 117 cm³/mol. The van der Waals surface area contributed by atoms with Gasteiger partial charge in [0, 0.05) is 5.56 Å². The lowest BCUT2D eigenvalue weighted by atomic mass is 9.95. The van der Waals surface area contributed by atoms with Crippen LogP contribution in [0.3, 0.4) is 0 Å². The summed E-state index contributed by atoms with van der Waals surface area (Å²) in [4.78, 5) is 0. The summed E-state index contributed by atoms with van der Waals surface area (Å²) < 4.78 is 20.1. The van der Waals surface area contributed by atoms with Crippen molar-refractivity contribution in [2.24, 2.45) is 0 Å². The standard InChI is InChI=1S/C27H21FO/c28-27-14-8-7-13-24(27)19-26(22-11-5-2-6-12-22)23-15-17-25(18-16-23)29-20-21-9-3-1-4-10-21/h1-19H,20H2/b26-19+. The van der Waals surface area contributed by atoms with E-state index in [4.69, 9.17) is 4.74 Å². The van der Waals surface area contributed by atoms with E-state index < -0.39 is 0 Å². The van der Waals surface area contributed by atoms with Crippen molar-refractivity contribution in [1.29, 1.82) is 0 Å². The van der Waals surface area contributed by atoms with Crippen molar-refractivity contribution in [2.45, 2.75) is 6.61 Å². The molecule has 142 valence electrons. The smallest absolute Gasteiger partial charge is 0.130 e. The maximum Gasteiger partial charge on any atom is 0.130 e. The van der Waals surface area contributed by atoms with Crippen LogP contribution >= 0.6 is 0 Å². The summed E-state index contributed by atoms with van der Waals surface area (Å²) >= 11 is 0. The summed E-state index contributed by atoms with van der Waals surface area (Å²) in [5.74, 6) is 0.569. The fraction of sp³-hybridized carbons (Fsp3) is 0.0370. The van der Waals surface area contributed by atoms with E-state index in [9.17, 15) is 4.39 Å². The zero-order chi connectivity index (χ0) is 19.9. The third-order valence-corrected chi connectivity index (χ3v) is 4.70. The largest absolute Gasteiger partial charge is 0.489 e. The van der Waals surface area contributed by atoms with Gasteiger partial charge in [-0.3, -0.25) is 0 Å². The molecule has 4 rings (SSSR count). The van der Waals surface area contributed by atoms with Gasteiger partial charge in [-0.2, -0.15) is 0 Å². The molecular formula is C27H21FO. The molecule has 0 spiro atoms. The average molecular weight is 380 g/mol. The average Bonchev–Trinajstić information content (AvgIpc) is 2.79. The molecule has 0 amide bonds. The molecule has 4 aromatic rings. The van der Waals surface area contributed by atoms with Crippen LogP contribution in [0.15, 0.2) is 109 Å². The maximum atomic E-state index is 14.2. The summed E-state index contributed by atoms with van der Waals surface area (Å²) in [6.45, 7) is 0.525. The Morgan fingerprint density at radius 1 is 0.655 bits per heavy atom. The van der Waals surface area contributed by atoms with Crippen LogP contribution < -0.4 is 4.74 Å². The number of benzene rings is 4. The summed E-state index contributed by atoms with van der Waals surface area (Å²) in [6, 6.07) is 34.9. The number of rotatable bonds is 6. The minimum atomic E-state index is -0.233. The zero-order valence-corrected chi connectivity index (χ0v) is 16.0. The van der Waals surface area contributed by atoms with Crippen LogP contribution in [0.1, 0.15) is 22.3 Å². The lowest BCUT2D eigenvalue weighted by Crippen LogP contribution is -1.95. The van der Waals surface area contributed by atoms with Crippen LogP contribution in [0.5, 0.6) is 5.75 Å². The van der Waals surface area contributed by atoms with Crippen LogP contribution in [0, 0.1) is 5.82 Å². The van der Waals surface area contributed by atoms with Gasteiger partial charge in [0.15, 0.2) is 0 Å². The first kappa shape index (κ1) is 18.7. The van der Waals surface area contributed by atoms with Gasteiger partial charge < -0.3 is 4.74 Å². The molecule has 0 radical (unpaired) electrons. The molecule has 0 fully saturated rings. The van der Waals surface area contributed by atoms with Gasteiger partial charge in [0.25, 0.3) is 0 Å². The van der Waals surface area contributed by atoms with E-state index in [-0.39, 0.29) is 5.82 Å². The van der Waals surface area contributed by atoms with Crippen molar-refractivity contribution in [2.75, 3.05) is 0 Å². The van der Waals surface area contributed by atoms with Gasteiger partial charge in [-0.25, -0.2) is 4.39 Å². The second-order valence-corrected chi connectivity index (χ2v) is 6.74. The molecule has 2 heteroatoms. The predicted octanol–water partition coefficient (Wildman–Crippen LogP) is 6.99. The summed E-state index contributed by atoms with van der Waals surface area (Å²) in [5, 5.41) is 0. The van der Waals surface area contributed by atoms with Crippen LogP contribution in [0.25, 0.3) is 11.6 Å². The quantitative estimate of drug-likeness (QED) is 0.327. The highest BCUT2D eigenvalue weighted by atomic mass is 19.1. The first-order chi connectivity index (χ1) is 14.3. The van der Waals surface area contributed by atoms with Crippen LogP contribution in [0.4, 0.5) is 4.39 Å². The second-order valence-electron chi connectivity index (χ2n) is 6.74. The first-order valence-electron chi connectivity index (χ1n) is 9.58. The van der Waals surface area contributed by atoms with Crippen molar-refractivity contribution >= 4 is 11.6 Å². The number of hydrogen-bond donors (Lipinski definition) is 0. The first-order valence-corrected chi connectivity index (χ1v) is 9.58. The highest BCUT2D eigenvalue weighted by Crippen LogP contribution is 2.28. The third-order valence-electron chi connectivity index (χ3n) is 4.70.